The molecule has 38 heavy (non-hydrogen) atoms. The summed E-state index contributed by atoms with van der Waals surface area (Å²) in [6.07, 6.45) is 2.63. The van der Waals surface area contributed by atoms with E-state index in [0.717, 1.165) is 28.0 Å². The Labute approximate surface area is 224 Å². The number of nitrogens with one attached hydrogen (secondary N) is 1. The molecule has 0 amide bonds. The van der Waals surface area contributed by atoms with E-state index in [-0.39, 0.29) is 10.6 Å². The molecule has 0 saturated heterocycles. The first-order chi connectivity index (χ1) is 18.5. The monoisotopic (exact) mass is 522 g/mol. The Hall–Kier alpha value is -4.56. The maximum absolute atomic E-state index is 13.3. The second-order valence-corrected chi connectivity index (χ2v) is 9.73. The van der Waals surface area contributed by atoms with E-state index < -0.39 is 5.56 Å². The molecule has 5 aromatic rings. The van der Waals surface area contributed by atoms with Gasteiger partial charge in [0.2, 0.25) is 0 Å². The van der Waals surface area contributed by atoms with Crippen LogP contribution in [0.3, 0.4) is 0 Å². The summed E-state index contributed by atoms with van der Waals surface area (Å²) >= 11 is 1.19. The van der Waals surface area contributed by atoms with E-state index in [2.05, 4.69) is 10.1 Å². The molecular weight excluding hydrogens is 496 g/mol. The molecule has 3 aromatic carbocycles. The SMILES string of the molecule is CCN(c1ccccc1)c1c(-c2ccn(C)n2)[nH]c(=O)c(Sc2ccc(-c3ccccc3C=O)cc2)c1O. The third-order valence-corrected chi connectivity index (χ3v) is 7.31. The number of carbonyl (C=O) groups is 1. The first-order valence-electron chi connectivity index (χ1n) is 12.1. The van der Waals surface area contributed by atoms with Gasteiger partial charge in [-0.2, -0.15) is 5.10 Å². The van der Waals surface area contributed by atoms with Crippen molar-refractivity contribution in [3.8, 4) is 28.3 Å². The number of H-pyrrole nitrogens is 1. The highest BCUT2D eigenvalue weighted by Gasteiger charge is 2.25. The molecule has 0 aliphatic carbocycles. The van der Waals surface area contributed by atoms with Crippen LogP contribution in [-0.4, -0.2) is 32.7 Å². The van der Waals surface area contributed by atoms with Crippen LogP contribution in [0.1, 0.15) is 17.3 Å². The molecule has 0 aliphatic heterocycles. The van der Waals surface area contributed by atoms with Crippen molar-refractivity contribution in [3.63, 3.8) is 0 Å². The van der Waals surface area contributed by atoms with Crippen LogP contribution < -0.4 is 10.5 Å². The Kier molecular flexibility index (Phi) is 7.15. The number of para-hydroxylation sites is 1. The minimum atomic E-state index is -0.406. The van der Waals surface area contributed by atoms with Crippen LogP contribution in [0.25, 0.3) is 22.5 Å². The minimum Gasteiger partial charge on any atom is -0.504 e. The summed E-state index contributed by atoms with van der Waals surface area (Å²) in [7, 11) is 1.80. The van der Waals surface area contributed by atoms with Crippen LogP contribution in [0.5, 0.6) is 5.75 Å². The van der Waals surface area contributed by atoms with Crippen molar-refractivity contribution in [2.45, 2.75) is 16.7 Å². The maximum atomic E-state index is 13.3. The van der Waals surface area contributed by atoms with Gasteiger partial charge >= 0.3 is 0 Å². The third kappa shape index (κ3) is 4.86. The van der Waals surface area contributed by atoms with Crippen molar-refractivity contribution >= 4 is 29.4 Å². The largest absolute Gasteiger partial charge is 0.504 e. The fraction of sp³-hybridized carbons (Fsp3) is 0.100. The van der Waals surface area contributed by atoms with Gasteiger partial charge in [0.25, 0.3) is 5.56 Å². The molecule has 0 spiro atoms. The highest BCUT2D eigenvalue weighted by atomic mass is 32.2. The van der Waals surface area contributed by atoms with Gasteiger partial charge < -0.3 is 15.0 Å². The number of benzene rings is 3. The molecule has 5 rings (SSSR count). The van der Waals surface area contributed by atoms with E-state index in [1.165, 1.54) is 11.8 Å². The summed E-state index contributed by atoms with van der Waals surface area (Å²) in [6.45, 7) is 2.54. The minimum absolute atomic E-state index is 0.111. The fourth-order valence-corrected chi connectivity index (χ4v) is 5.26. The van der Waals surface area contributed by atoms with Crippen molar-refractivity contribution in [2.24, 2.45) is 7.05 Å². The molecule has 8 heteroatoms. The molecule has 7 nitrogen and oxygen atoms in total. The van der Waals surface area contributed by atoms with Gasteiger partial charge in [0.05, 0.1) is 5.69 Å². The Morgan fingerprint density at radius 3 is 2.37 bits per heavy atom. The number of aryl methyl sites for hydroxylation is 1. The number of carbonyl (C=O) groups excluding carboxylic acids is 1. The van der Waals surface area contributed by atoms with Gasteiger partial charge in [0.15, 0.2) is 12.0 Å². The van der Waals surface area contributed by atoms with Crippen LogP contribution >= 0.6 is 11.8 Å². The molecule has 2 heterocycles. The van der Waals surface area contributed by atoms with E-state index >= 15 is 0 Å². The predicted molar refractivity (Wildman–Crippen MR) is 151 cm³/mol. The summed E-state index contributed by atoms with van der Waals surface area (Å²) in [5.41, 5.74) is 4.29. The van der Waals surface area contributed by atoms with Crippen LogP contribution in [0.15, 0.2) is 106 Å². The lowest BCUT2D eigenvalue weighted by Gasteiger charge is -2.27. The zero-order valence-corrected chi connectivity index (χ0v) is 21.8. The fourth-order valence-electron chi connectivity index (χ4n) is 4.41. The summed E-state index contributed by atoms with van der Waals surface area (Å²) in [4.78, 5) is 30.6. The first-order valence-corrected chi connectivity index (χ1v) is 13.0. The predicted octanol–water partition coefficient (Wildman–Crippen LogP) is 6.27. The quantitative estimate of drug-likeness (QED) is 0.234. The highest BCUT2D eigenvalue weighted by molar-refractivity contribution is 7.99. The van der Waals surface area contributed by atoms with Crippen LogP contribution in [0.4, 0.5) is 11.4 Å². The van der Waals surface area contributed by atoms with Crippen LogP contribution in [0.2, 0.25) is 0 Å². The number of aldehydes is 1. The molecule has 0 unspecified atom stereocenters. The smallest absolute Gasteiger partial charge is 0.266 e. The van der Waals surface area contributed by atoms with Crippen LogP contribution in [0, 0.1) is 0 Å². The lowest BCUT2D eigenvalue weighted by Crippen LogP contribution is -2.21. The van der Waals surface area contributed by atoms with Crippen molar-refractivity contribution in [1.29, 1.82) is 0 Å². The van der Waals surface area contributed by atoms with E-state index in [4.69, 9.17) is 0 Å². The van der Waals surface area contributed by atoms with Gasteiger partial charge in [0, 0.05) is 35.9 Å². The number of hydrogen-bond donors (Lipinski definition) is 2. The molecule has 0 bridgehead atoms. The number of pyridine rings is 1. The van der Waals surface area contributed by atoms with E-state index in [1.807, 2.05) is 84.6 Å². The number of aromatic hydroxyl groups is 1. The van der Waals surface area contributed by atoms with Crippen molar-refractivity contribution < 1.29 is 9.90 Å². The molecule has 0 fully saturated rings. The molecule has 2 N–H and O–H groups in total. The number of aromatic amines is 1. The first kappa shape index (κ1) is 25.1. The highest BCUT2D eigenvalue weighted by Crippen LogP contribution is 2.44. The second kappa shape index (κ2) is 10.8. The summed E-state index contributed by atoms with van der Waals surface area (Å²) in [5, 5.41) is 16.1. The zero-order valence-electron chi connectivity index (χ0n) is 21.0. The van der Waals surface area contributed by atoms with Gasteiger partial charge in [0.1, 0.15) is 16.3 Å². The molecule has 0 radical (unpaired) electrons. The second-order valence-electron chi connectivity index (χ2n) is 8.64. The topological polar surface area (TPSA) is 91.2 Å². The van der Waals surface area contributed by atoms with Crippen molar-refractivity contribution in [1.82, 2.24) is 14.8 Å². The van der Waals surface area contributed by atoms with Crippen LogP contribution in [-0.2, 0) is 7.05 Å². The third-order valence-electron chi connectivity index (χ3n) is 6.22. The van der Waals surface area contributed by atoms with E-state index in [9.17, 15) is 14.7 Å². The Balaban J connectivity index is 1.59. The van der Waals surface area contributed by atoms with Gasteiger partial charge in [-0.1, -0.05) is 66.4 Å². The normalized spacial score (nSPS) is 10.9. The average Bonchev–Trinajstić information content (AvgIpc) is 3.39. The summed E-state index contributed by atoms with van der Waals surface area (Å²) < 4.78 is 1.65. The Morgan fingerprint density at radius 1 is 1.00 bits per heavy atom. The number of hydrogen-bond acceptors (Lipinski definition) is 6. The standard InChI is InChI=1S/C30H26N4O3S/c1-3-34(22-10-5-4-6-11-22)27-26(25-17-18-33(2)32-25)31-30(37)29(28(27)36)38-23-15-13-20(14-16-23)24-12-8-7-9-21(24)19-35/h4-19H,3H2,1-2H3,(H2,31,36,37). The van der Waals surface area contributed by atoms with Gasteiger partial charge in [-0.25, -0.2) is 0 Å². The van der Waals surface area contributed by atoms with Gasteiger partial charge in [-0.15, -0.1) is 0 Å². The molecule has 190 valence electrons. The van der Waals surface area contributed by atoms with E-state index in [0.29, 0.717) is 29.2 Å². The lowest BCUT2D eigenvalue weighted by atomic mass is 10.0. The number of anilines is 2. The summed E-state index contributed by atoms with van der Waals surface area (Å²) in [5.74, 6) is -0.111. The number of nitrogens with zero attached hydrogens (tertiary/aromatic N) is 3. The molecule has 2 aromatic heterocycles. The maximum Gasteiger partial charge on any atom is 0.266 e. The molecule has 0 saturated carbocycles. The van der Waals surface area contributed by atoms with E-state index in [1.54, 1.807) is 30.1 Å². The van der Waals surface area contributed by atoms with Crippen molar-refractivity contribution in [2.75, 3.05) is 11.4 Å². The van der Waals surface area contributed by atoms with Gasteiger partial charge in [-0.3, -0.25) is 14.3 Å². The summed E-state index contributed by atoms with van der Waals surface area (Å²) in [6, 6.07) is 26.5. The molecule has 0 aliphatic rings. The van der Waals surface area contributed by atoms with Gasteiger partial charge in [-0.05, 0) is 48.4 Å². The Morgan fingerprint density at radius 2 is 1.71 bits per heavy atom. The van der Waals surface area contributed by atoms with Crippen molar-refractivity contribution in [3.05, 3.63) is 107 Å². The number of rotatable bonds is 8. The Bertz CT molecular complexity index is 1640. The lowest BCUT2D eigenvalue weighted by molar-refractivity contribution is 0.112. The number of aromatic nitrogens is 3. The molecule has 0 atom stereocenters. The molecular formula is C30H26N4O3S. The average molecular weight is 523 g/mol. The zero-order chi connectivity index (χ0) is 26.6.